The van der Waals surface area contributed by atoms with Gasteiger partial charge < -0.3 is 19.3 Å². The van der Waals surface area contributed by atoms with Crippen LogP contribution >= 0.6 is 0 Å². The quantitative estimate of drug-likeness (QED) is 0.747. The summed E-state index contributed by atoms with van der Waals surface area (Å²) in [5, 5.41) is 7.36. The van der Waals surface area contributed by atoms with Gasteiger partial charge in [-0.15, -0.1) is 0 Å². The summed E-state index contributed by atoms with van der Waals surface area (Å²) in [6.07, 6.45) is 1.96. The van der Waals surface area contributed by atoms with Crippen LogP contribution in [-0.2, 0) is 11.2 Å². The third kappa shape index (κ3) is 3.10. The molecule has 2 amide bonds. The van der Waals surface area contributed by atoms with E-state index in [9.17, 15) is 9.59 Å². The Morgan fingerprint density at radius 1 is 1.31 bits per heavy atom. The summed E-state index contributed by atoms with van der Waals surface area (Å²) < 4.78 is 15.7. The normalized spacial score (nSPS) is 22.6. The van der Waals surface area contributed by atoms with Crippen molar-refractivity contribution in [3.8, 4) is 11.6 Å². The molecule has 2 saturated heterocycles. The Morgan fingerprint density at radius 2 is 2.21 bits per heavy atom. The smallest absolute Gasteiger partial charge is 0.278 e. The molecule has 29 heavy (non-hydrogen) atoms. The Labute approximate surface area is 167 Å². The van der Waals surface area contributed by atoms with Crippen LogP contribution in [0.15, 0.2) is 22.8 Å². The van der Waals surface area contributed by atoms with Crippen molar-refractivity contribution < 1.29 is 23.7 Å². The van der Waals surface area contributed by atoms with Crippen LogP contribution in [0.4, 0.5) is 0 Å². The number of fused-ring (bicyclic) bond motifs is 2. The van der Waals surface area contributed by atoms with Crippen molar-refractivity contribution in [3.63, 3.8) is 0 Å². The second-order valence-electron chi connectivity index (χ2n) is 7.64. The largest absolute Gasteiger partial charge is 0.493 e. The number of likely N-dealkylation sites (tertiary alicyclic amines) is 2. The molecule has 0 N–H and O–H groups in total. The maximum absolute atomic E-state index is 13.1. The van der Waals surface area contributed by atoms with E-state index >= 15 is 0 Å². The first-order chi connectivity index (χ1) is 14.1. The van der Waals surface area contributed by atoms with Crippen molar-refractivity contribution >= 4 is 11.8 Å². The molecular formula is C20H22N4O5. The van der Waals surface area contributed by atoms with Gasteiger partial charge in [-0.2, -0.15) is 0 Å². The van der Waals surface area contributed by atoms with Crippen molar-refractivity contribution in [2.24, 2.45) is 0 Å². The number of amides is 2. The Hall–Kier alpha value is -3.10. The molecule has 3 aliphatic heterocycles. The summed E-state index contributed by atoms with van der Waals surface area (Å²) in [6.45, 7) is 3.82. The van der Waals surface area contributed by atoms with Gasteiger partial charge in [-0.3, -0.25) is 9.59 Å². The van der Waals surface area contributed by atoms with Gasteiger partial charge >= 0.3 is 0 Å². The molecule has 9 heteroatoms. The molecule has 0 radical (unpaired) electrons. The van der Waals surface area contributed by atoms with Crippen LogP contribution in [0.25, 0.3) is 0 Å². The van der Waals surface area contributed by atoms with Gasteiger partial charge in [-0.05, 0) is 42.3 Å². The number of ether oxygens (including phenoxy) is 2. The molecule has 0 bridgehead atoms. The minimum Gasteiger partial charge on any atom is -0.493 e. The van der Waals surface area contributed by atoms with E-state index in [1.165, 1.54) is 0 Å². The van der Waals surface area contributed by atoms with Crippen LogP contribution in [0.3, 0.4) is 0 Å². The van der Waals surface area contributed by atoms with Crippen molar-refractivity contribution in [2.75, 3.05) is 26.3 Å². The number of carbonyl (C=O) groups is 2. The molecule has 9 nitrogen and oxygen atoms in total. The van der Waals surface area contributed by atoms with Crippen LogP contribution in [0.2, 0.25) is 0 Å². The Balaban J connectivity index is 1.24. The van der Waals surface area contributed by atoms with Crippen LogP contribution < -0.4 is 9.47 Å². The van der Waals surface area contributed by atoms with Gasteiger partial charge in [0.05, 0.1) is 25.2 Å². The number of aromatic nitrogens is 2. The summed E-state index contributed by atoms with van der Waals surface area (Å²) in [5.41, 5.74) is 2.32. The van der Waals surface area contributed by atoms with Gasteiger partial charge in [0, 0.05) is 24.9 Å². The van der Waals surface area contributed by atoms with Crippen LogP contribution in [-0.4, -0.2) is 70.3 Å². The van der Waals surface area contributed by atoms with Crippen molar-refractivity contribution in [1.82, 2.24) is 20.1 Å². The first-order valence-electron chi connectivity index (χ1n) is 9.90. The lowest BCUT2D eigenvalue weighted by atomic mass is 10.1. The molecule has 152 valence electrons. The monoisotopic (exact) mass is 398 g/mol. The maximum atomic E-state index is 13.1. The number of nitrogens with zero attached hydrogens (tertiary/aromatic N) is 4. The number of hydrogen-bond acceptors (Lipinski definition) is 7. The number of carbonyl (C=O) groups excluding carboxylic acids is 2. The predicted molar refractivity (Wildman–Crippen MR) is 99.7 cm³/mol. The fraction of sp³-hybridized carbons (Fsp3) is 0.500. The molecule has 5 rings (SSSR count). The van der Waals surface area contributed by atoms with Gasteiger partial charge in [-0.1, -0.05) is 5.16 Å². The minimum absolute atomic E-state index is 0.0117. The lowest BCUT2D eigenvalue weighted by Crippen LogP contribution is -2.41. The summed E-state index contributed by atoms with van der Waals surface area (Å²) in [5.74, 6) is 1.25. The second-order valence-corrected chi connectivity index (χ2v) is 7.64. The highest BCUT2D eigenvalue weighted by molar-refractivity contribution is 5.96. The Morgan fingerprint density at radius 3 is 3.03 bits per heavy atom. The molecule has 0 saturated carbocycles. The summed E-state index contributed by atoms with van der Waals surface area (Å²) >= 11 is 0. The third-order valence-electron chi connectivity index (χ3n) is 5.99. The summed E-state index contributed by atoms with van der Waals surface area (Å²) in [6, 6.07) is 5.55. The van der Waals surface area contributed by atoms with Crippen LogP contribution in [0, 0.1) is 6.92 Å². The molecule has 1 aromatic heterocycles. The highest BCUT2D eigenvalue weighted by Crippen LogP contribution is 2.34. The Bertz CT molecular complexity index is 958. The van der Waals surface area contributed by atoms with Crippen molar-refractivity contribution in [3.05, 3.63) is 35.0 Å². The van der Waals surface area contributed by atoms with Gasteiger partial charge in [0.1, 0.15) is 18.1 Å². The van der Waals surface area contributed by atoms with E-state index in [-0.39, 0.29) is 23.9 Å². The summed E-state index contributed by atoms with van der Waals surface area (Å²) in [7, 11) is 0. The van der Waals surface area contributed by atoms with E-state index in [0.717, 1.165) is 24.2 Å². The first-order valence-corrected chi connectivity index (χ1v) is 9.90. The average molecular weight is 398 g/mol. The number of aryl methyl sites for hydroxylation is 1. The number of benzene rings is 1. The average Bonchev–Trinajstić information content (AvgIpc) is 3.47. The zero-order valence-corrected chi connectivity index (χ0v) is 16.2. The Kier molecular flexibility index (Phi) is 4.37. The fourth-order valence-corrected chi connectivity index (χ4v) is 4.55. The molecule has 2 aromatic rings. The lowest BCUT2D eigenvalue weighted by molar-refractivity contribution is -0.129. The van der Waals surface area contributed by atoms with Crippen LogP contribution in [0.1, 0.15) is 34.5 Å². The van der Waals surface area contributed by atoms with Gasteiger partial charge in [0.15, 0.2) is 0 Å². The van der Waals surface area contributed by atoms with Gasteiger partial charge in [0.2, 0.25) is 5.91 Å². The zero-order chi connectivity index (χ0) is 20.0. The highest BCUT2D eigenvalue weighted by atomic mass is 16.6. The molecule has 1 aromatic carbocycles. The van der Waals surface area contributed by atoms with Gasteiger partial charge in [0.25, 0.3) is 11.8 Å². The molecule has 0 aliphatic carbocycles. The van der Waals surface area contributed by atoms with E-state index in [2.05, 4.69) is 14.9 Å². The molecular weight excluding hydrogens is 376 g/mol. The molecule has 3 aliphatic rings. The lowest BCUT2D eigenvalue weighted by Gasteiger charge is -2.25. The van der Waals surface area contributed by atoms with Crippen molar-refractivity contribution in [2.45, 2.75) is 38.3 Å². The second kappa shape index (κ2) is 7.06. The zero-order valence-electron chi connectivity index (χ0n) is 16.2. The maximum Gasteiger partial charge on any atom is 0.278 e. The van der Waals surface area contributed by atoms with Gasteiger partial charge in [-0.25, -0.2) is 4.63 Å². The van der Waals surface area contributed by atoms with E-state index in [0.29, 0.717) is 49.9 Å². The molecule has 0 unspecified atom stereocenters. The standard InChI is InChI=1S/C20H22N4O5/c1-12-19(22-29-21-12)28-9-7-23-15-4-6-24(16(15)11-18(23)25)20(26)14-2-3-17-13(10-14)5-8-27-17/h2-3,10,15-16H,4-9,11H2,1H3/t15-,16-/m0/s1. The first kappa shape index (κ1) is 18.0. The molecule has 2 fully saturated rings. The van der Waals surface area contributed by atoms with E-state index in [1.54, 1.807) is 6.92 Å². The number of hydrogen-bond donors (Lipinski definition) is 0. The predicted octanol–water partition coefficient (Wildman–Crippen LogP) is 1.21. The molecule has 0 spiro atoms. The van der Waals surface area contributed by atoms with Crippen molar-refractivity contribution in [1.29, 1.82) is 0 Å². The van der Waals surface area contributed by atoms with E-state index in [4.69, 9.17) is 9.47 Å². The summed E-state index contributed by atoms with van der Waals surface area (Å²) in [4.78, 5) is 29.4. The fourth-order valence-electron chi connectivity index (χ4n) is 4.55. The van der Waals surface area contributed by atoms with E-state index in [1.807, 2.05) is 28.0 Å². The van der Waals surface area contributed by atoms with Crippen LogP contribution in [0.5, 0.6) is 11.6 Å². The van der Waals surface area contributed by atoms with E-state index < -0.39 is 0 Å². The minimum atomic E-state index is -0.0880. The SMILES string of the molecule is Cc1nonc1OCCN1C(=O)C[C@H]2[C@@H]1CCN2C(=O)c1ccc2c(c1)CCO2. The molecule has 2 atom stereocenters. The topological polar surface area (TPSA) is 98.0 Å². The number of rotatable bonds is 5. The highest BCUT2D eigenvalue weighted by Gasteiger charge is 2.48. The molecule has 4 heterocycles. The third-order valence-corrected chi connectivity index (χ3v) is 5.99.